The zero-order valence-electron chi connectivity index (χ0n) is 9.00. The lowest BCUT2D eigenvalue weighted by molar-refractivity contribution is -0.140. The zero-order chi connectivity index (χ0) is 12.1. The summed E-state index contributed by atoms with van der Waals surface area (Å²) in [7, 11) is 1.29. The van der Waals surface area contributed by atoms with Crippen LogP contribution >= 0.6 is 15.9 Å². The summed E-state index contributed by atoms with van der Waals surface area (Å²) < 4.78 is 22.9. The molecule has 0 aliphatic rings. The molecule has 1 aromatic carbocycles. The van der Waals surface area contributed by atoms with Gasteiger partial charge >= 0.3 is 5.97 Å². The van der Waals surface area contributed by atoms with E-state index in [9.17, 15) is 9.18 Å². The topological polar surface area (TPSA) is 35.5 Å². The molecule has 3 nitrogen and oxygen atoms in total. The standard InChI is InChI=1S/C11H12BrFO3/c1-7-3-4-8(5-10(7)13)16-6-9(12)11(14)15-2/h3-5,9H,6H2,1-2H3. The summed E-state index contributed by atoms with van der Waals surface area (Å²) in [5.74, 6) is -0.370. The fourth-order valence-corrected chi connectivity index (χ4v) is 1.35. The van der Waals surface area contributed by atoms with Crippen molar-refractivity contribution in [3.63, 3.8) is 0 Å². The van der Waals surface area contributed by atoms with Crippen LogP contribution in [0.5, 0.6) is 5.75 Å². The molecule has 0 spiro atoms. The number of rotatable bonds is 4. The number of aryl methyl sites for hydroxylation is 1. The molecule has 0 saturated heterocycles. The molecule has 0 aliphatic heterocycles. The zero-order valence-corrected chi connectivity index (χ0v) is 10.6. The van der Waals surface area contributed by atoms with Gasteiger partial charge in [-0.2, -0.15) is 0 Å². The molecule has 0 heterocycles. The van der Waals surface area contributed by atoms with Crippen molar-refractivity contribution in [1.29, 1.82) is 0 Å². The molecule has 88 valence electrons. The van der Waals surface area contributed by atoms with Crippen LogP contribution in [0.25, 0.3) is 0 Å². The minimum absolute atomic E-state index is 0.0924. The van der Waals surface area contributed by atoms with E-state index in [1.807, 2.05) is 0 Å². The van der Waals surface area contributed by atoms with Crippen LogP contribution in [0.15, 0.2) is 18.2 Å². The number of halogens is 2. The molecular formula is C11H12BrFO3. The predicted molar refractivity (Wildman–Crippen MR) is 61.4 cm³/mol. The first-order valence-electron chi connectivity index (χ1n) is 4.65. The SMILES string of the molecule is COC(=O)C(Br)COc1ccc(C)c(F)c1. The Bertz CT molecular complexity index is 381. The van der Waals surface area contributed by atoms with Gasteiger partial charge in [0.2, 0.25) is 0 Å². The van der Waals surface area contributed by atoms with Crippen molar-refractivity contribution in [1.82, 2.24) is 0 Å². The second-order valence-electron chi connectivity index (χ2n) is 3.21. The van der Waals surface area contributed by atoms with E-state index >= 15 is 0 Å². The quantitative estimate of drug-likeness (QED) is 0.631. The van der Waals surface area contributed by atoms with E-state index in [1.54, 1.807) is 19.1 Å². The van der Waals surface area contributed by atoms with Gasteiger partial charge in [-0.3, -0.25) is 4.79 Å². The minimum Gasteiger partial charge on any atom is -0.492 e. The number of carbonyl (C=O) groups is 1. The molecule has 16 heavy (non-hydrogen) atoms. The molecule has 0 bridgehead atoms. The number of esters is 1. The first-order chi connectivity index (χ1) is 7.54. The Hall–Kier alpha value is -1.10. The summed E-state index contributed by atoms with van der Waals surface area (Å²) in [6, 6.07) is 4.55. The van der Waals surface area contributed by atoms with Crippen LogP contribution < -0.4 is 4.74 Å². The van der Waals surface area contributed by atoms with Gasteiger partial charge in [0, 0.05) is 6.07 Å². The Labute approximate surface area is 102 Å². The number of hydrogen-bond donors (Lipinski definition) is 0. The van der Waals surface area contributed by atoms with Gasteiger partial charge in [0.25, 0.3) is 0 Å². The monoisotopic (exact) mass is 290 g/mol. The third kappa shape index (κ3) is 3.48. The van der Waals surface area contributed by atoms with Gasteiger partial charge in [-0.15, -0.1) is 0 Å². The van der Waals surface area contributed by atoms with Crippen molar-refractivity contribution in [2.75, 3.05) is 13.7 Å². The lowest BCUT2D eigenvalue weighted by Gasteiger charge is -2.10. The summed E-state index contributed by atoms with van der Waals surface area (Å²) in [6.07, 6.45) is 0. The van der Waals surface area contributed by atoms with Gasteiger partial charge in [0.05, 0.1) is 7.11 Å². The Morgan fingerprint density at radius 1 is 1.56 bits per heavy atom. The molecule has 0 fully saturated rings. The maximum atomic E-state index is 13.1. The van der Waals surface area contributed by atoms with E-state index in [0.29, 0.717) is 11.3 Å². The van der Waals surface area contributed by atoms with Crippen molar-refractivity contribution in [2.45, 2.75) is 11.8 Å². The summed E-state index contributed by atoms with van der Waals surface area (Å²) in [4.78, 5) is 10.5. The second kappa shape index (κ2) is 5.84. The number of benzene rings is 1. The molecule has 0 radical (unpaired) electrons. The van der Waals surface area contributed by atoms with Crippen LogP contribution in [0.3, 0.4) is 0 Å². The highest BCUT2D eigenvalue weighted by Gasteiger charge is 2.15. The molecule has 0 aliphatic carbocycles. The average molecular weight is 291 g/mol. The number of carbonyl (C=O) groups excluding carboxylic acids is 1. The van der Waals surface area contributed by atoms with E-state index in [1.165, 1.54) is 13.2 Å². The Kier molecular flexibility index (Phi) is 4.73. The van der Waals surface area contributed by atoms with E-state index < -0.39 is 10.8 Å². The first-order valence-corrected chi connectivity index (χ1v) is 5.57. The molecule has 5 heteroatoms. The predicted octanol–water partition coefficient (Wildman–Crippen LogP) is 2.45. The molecule has 0 saturated carbocycles. The highest BCUT2D eigenvalue weighted by molar-refractivity contribution is 9.10. The van der Waals surface area contributed by atoms with Gasteiger partial charge in [0.1, 0.15) is 23.0 Å². The number of methoxy groups -OCH3 is 1. The molecule has 1 atom stereocenters. The van der Waals surface area contributed by atoms with Crippen molar-refractivity contribution in [3.05, 3.63) is 29.6 Å². The lowest BCUT2D eigenvalue weighted by atomic mass is 10.2. The molecule has 0 amide bonds. The molecule has 0 N–H and O–H groups in total. The third-order valence-corrected chi connectivity index (χ3v) is 2.63. The van der Waals surface area contributed by atoms with E-state index in [-0.39, 0.29) is 12.4 Å². The summed E-state index contributed by atoms with van der Waals surface area (Å²) in [6.45, 7) is 1.76. The van der Waals surface area contributed by atoms with E-state index in [0.717, 1.165) is 0 Å². The van der Waals surface area contributed by atoms with Gasteiger partial charge in [-0.05, 0) is 18.6 Å². The van der Waals surface area contributed by atoms with Crippen LogP contribution in [-0.2, 0) is 9.53 Å². The largest absolute Gasteiger partial charge is 0.492 e. The number of alkyl halides is 1. The highest BCUT2D eigenvalue weighted by atomic mass is 79.9. The van der Waals surface area contributed by atoms with Crippen LogP contribution in [0.2, 0.25) is 0 Å². The number of hydrogen-bond acceptors (Lipinski definition) is 3. The van der Waals surface area contributed by atoms with Crippen molar-refractivity contribution in [3.8, 4) is 5.75 Å². The Morgan fingerprint density at radius 2 is 2.25 bits per heavy atom. The minimum atomic E-state index is -0.554. The van der Waals surface area contributed by atoms with Crippen LogP contribution in [0.1, 0.15) is 5.56 Å². The van der Waals surface area contributed by atoms with Crippen LogP contribution in [0.4, 0.5) is 4.39 Å². The molecule has 1 rings (SSSR count). The van der Waals surface area contributed by atoms with Crippen molar-refractivity contribution >= 4 is 21.9 Å². The van der Waals surface area contributed by atoms with E-state index in [2.05, 4.69) is 20.7 Å². The summed E-state index contributed by atoms with van der Waals surface area (Å²) in [5.41, 5.74) is 0.552. The molecule has 0 aromatic heterocycles. The fraction of sp³-hybridized carbons (Fsp3) is 0.364. The van der Waals surface area contributed by atoms with Crippen LogP contribution in [-0.4, -0.2) is 24.5 Å². The van der Waals surface area contributed by atoms with Crippen LogP contribution in [0, 0.1) is 12.7 Å². The Morgan fingerprint density at radius 3 is 2.81 bits per heavy atom. The molecule has 1 unspecified atom stereocenters. The van der Waals surface area contributed by atoms with Gasteiger partial charge in [-0.1, -0.05) is 22.0 Å². The Balaban J connectivity index is 2.55. The maximum Gasteiger partial charge on any atom is 0.322 e. The summed E-state index contributed by atoms with van der Waals surface area (Å²) >= 11 is 3.10. The lowest BCUT2D eigenvalue weighted by Crippen LogP contribution is -2.22. The molecular weight excluding hydrogens is 279 g/mol. The molecule has 1 aromatic rings. The average Bonchev–Trinajstić information content (AvgIpc) is 2.29. The van der Waals surface area contributed by atoms with Crippen molar-refractivity contribution < 1.29 is 18.7 Å². The smallest absolute Gasteiger partial charge is 0.322 e. The normalized spacial score (nSPS) is 12.0. The second-order valence-corrected chi connectivity index (χ2v) is 4.32. The van der Waals surface area contributed by atoms with Gasteiger partial charge < -0.3 is 9.47 Å². The van der Waals surface area contributed by atoms with Crippen molar-refractivity contribution in [2.24, 2.45) is 0 Å². The fourth-order valence-electron chi connectivity index (χ4n) is 1.03. The summed E-state index contributed by atoms with van der Waals surface area (Å²) in [5, 5.41) is 0. The third-order valence-electron chi connectivity index (χ3n) is 2.00. The highest BCUT2D eigenvalue weighted by Crippen LogP contribution is 2.16. The maximum absolute atomic E-state index is 13.1. The first kappa shape index (κ1) is 13.0. The van der Waals surface area contributed by atoms with Gasteiger partial charge in [0.15, 0.2) is 0 Å². The van der Waals surface area contributed by atoms with E-state index in [4.69, 9.17) is 4.74 Å². The van der Waals surface area contributed by atoms with Gasteiger partial charge in [-0.25, -0.2) is 4.39 Å². The number of ether oxygens (including phenoxy) is 2.